The lowest BCUT2D eigenvalue weighted by Crippen LogP contribution is -2.35. The zero-order valence-electron chi connectivity index (χ0n) is 14.5. The molecular formula is C17H24S3Si2. The van der Waals surface area contributed by atoms with Gasteiger partial charge < -0.3 is 0 Å². The van der Waals surface area contributed by atoms with Crippen LogP contribution in [0.15, 0.2) is 11.5 Å². The van der Waals surface area contributed by atoms with Gasteiger partial charge in [0.2, 0.25) is 0 Å². The van der Waals surface area contributed by atoms with Crippen LogP contribution < -0.4 is 9.00 Å². The van der Waals surface area contributed by atoms with Crippen molar-refractivity contribution < 1.29 is 0 Å². The third-order valence-electron chi connectivity index (χ3n) is 3.79. The highest BCUT2D eigenvalue weighted by atomic mass is 32.1. The maximum Gasteiger partial charge on any atom is 0.0923 e. The molecule has 3 aromatic heterocycles. The van der Waals surface area contributed by atoms with E-state index in [1.807, 2.05) is 22.7 Å². The van der Waals surface area contributed by atoms with Crippen LogP contribution in [0.3, 0.4) is 0 Å². The van der Waals surface area contributed by atoms with E-state index in [-0.39, 0.29) is 0 Å². The predicted molar refractivity (Wildman–Crippen MR) is 116 cm³/mol. The molecule has 3 rings (SSSR count). The van der Waals surface area contributed by atoms with Gasteiger partial charge in [0, 0.05) is 34.1 Å². The Morgan fingerprint density at radius 1 is 0.864 bits per heavy atom. The van der Waals surface area contributed by atoms with Gasteiger partial charge in [-0.1, -0.05) is 45.4 Å². The standard InChI is InChI=1S/C17H24S3Si2/c1-8-9-12-13-11-10-18-16(21(2,3)4)14(11)20-15(13)17(19-12)22(5,6)7/h8-10H,1-7H3. The zero-order chi connectivity index (χ0) is 16.3. The van der Waals surface area contributed by atoms with Crippen molar-refractivity contribution in [3.8, 4) is 0 Å². The van der Waals surface area contributed by atoms with E-state index in [9.17, 15) is 0 Å². The Hall–Kier alpha value is -0.206. The molecule has 0 saturated heterocycles. The molecule has 0 aromatic carbocycles. The molecule has 0 N–H and O–H groups in total. The van der Waals surface area contributed by atoms with E-state index in [2.05, 4.69) is 75.1 Å². The van der Waals surface area contributed by atoms with E-state index in [0.29, 0.717) is 0 Å². The molecule has 22 heavy (non-hydrogen) atoms. The van der Waals surface area contributed by atoms with Gasteiger partial charge in [-0.2, -0.15) is 11.3 Å². The summed E-state index contributed by atoms with van der Waals surface area (Å²) in [6.07, 6.45) is 4.50. The number of allylic oxidation sites excluding steroid dienone is 1. The average molecular weight is 381 g/mol. The first-order chi connectivity index (χ1) is 10.1. The molecule has 0 spiro atoms. The summed E-state index contributed by atoms with van der Waals surface area (Å²) in [5, 5.41) is 5.49. The summed E-state index contributed by atoms with van der Waals surface area (Å²) < 4.78 is 6.55. The summed E-state index contributed by atoms with van der Waals surface area (Å²) in [7, 11) is -2.55. The van der Waals surface area contributed by atoms with Gasteiger partial charge in [-0.05, 0) is 18.4 Å². The van der Waals surface area contributed by atoms with Crippen LogP contribution >= 0.6 is 34.0 Å². The molecular weight excluding hydrogens is 357 g/mol. The Labute approximate surface area is 147 Å². The number of rotatable bonds is 3. The first-order valence-electron chi connectivity index (χ1n) is 7.74. The first-order valence-corrected chi connectivity index (χ1v) is 17.3. The largest absolute Gasteiger partial charge is 0.151 e. The zero-order valence-corrected chi connectivity index (χ0v) is 18.9. The Balaban J connectivity index is 2.43. The monoisotopic (exact) mass is 380 g/mol. The minimum absolute atomic E-state index is 1.26. The molecule has 0 fully saturated rings. The van der Waals surface area contributed by atoms with Gasteiger partial charge in [-0.25, -0.2) is 0 Å². The normalized spacial score (nSPS) is 14.0. The van der Waals surface area contributed by atoms with Gasteiger partial charge in [0.1, 0.15) is 0 Å². The molecule has 5 heteroatoms. The van der Waals surface area contributed by atoms with Crippen LogP contribution in [-0.2, 0) is 0 Å². The van der Waals surface area contributed by atoms with Crippen LogP contribution in [0.2, 0.25) is 39.3 Å². The highest BCUT2D eigenvalue weighted by molar-refractivity contribution is 7.40. The molecule has 0 nitrogen and oxygen atoms in total. The summed E-state index contributed by atoms with van der Waals surface area (Å²) in [6.45, 7) is 17.0. The number of hydrogen-bond acceptors (Lipinski definition) is 3. The lowest BCUT2D eigenvalue weighted by atomic mass is 10.2. The van der Waals surface area contributed by atoms with E-state index in [1.54, 1.807) is 23.8 Å². The van der Waals surface area contributed by atoms with Crippen LogP contribution in [0.25, 0.3) is 26.2 Å². The van der Waals surface area contributed by atoms with Gasteiger partial charge in [0.25, 0.3) is 0 Å². The van der Waals surface area contributed by atoms with Gasteiger partial charge >= 0.3 is 0 Å². The van der Waals surface area contributed by atoms with Crippen LogP contribution in [0.5, 0.6) is 0 Å². The molecule has 0 atom stereocenters. The topological polar surface area (TPSA) is 0 Å². The number of fused-ring (bicyclic) bond motifs is 3. The SMILES string of the molecule is CC=Cc1sc([Si](C)(C)C)c2sc3c([Si](C)(C)C)scc3c12. The lowest BCUT2D eigenvalue weighted by molar-refractivity contribution is 1.80. The second-order valence-electron chi connectivity index (χ2n) is 7.91. The van der Waals surface area contributed by atoms with E-state index >= 15 is 0 Å². The van der Waals surface area contributed by atoms with Crippen molar-refractivity contribution in [3.05, 3.63) is 16.3 Å². The molecule has 3 aromatic rings. The van der Waals surface area contributed by atoms with Gasteiger partial charge in [-0.3, -0.25) is 0 Å². The van der Waals surface area contributed by atoms with Crippen molar-refractivity contribution in [3.63, 3.8) is 0 Å². The van der Waals surface area contributed by atoms with Crippen LogP contribution in [0, 0.1) is 0 Å². The average Bonchev–Trinajstić information content (AvgIpc) is 2.96. The van der Waals surface area contributed by atoms with Crippen molar-refractivity contribution in [2.24, 2.45) is 0 Å². The van der Waals surface area contributed by atoms with Crippen LogP contribution in [0.1, 0.15) is 11.8 Å². The summed E-state index contributed by atoms with van der Waals surface area (Å²) in [6, 6.07) is 0. The Bertz CT molecular complexity index is 864. The van der Waals surface area contributed by atoms with E-state index < -0.39 is 16.1 Å². The summed E-state index contributed by atoms with van der Waals surface area (Å²) in [4.78, 5) is 1.47. The van der Waals surface area contributed by atoms with Gasteiger partial charge in [-0.15, -0.1) is 22.7 Å². The summed E-state index contributed by atoms with van der Waals surface area (Å²) in [5.41, 5.74) is 0. The Kier molecular flexibility index (Phi) is 4.10. The third kappa shape index (κ3) is 2.61. The fraction of sp³-hybridized carbons (Fsp3) is 0.412. The van der Waals surface area contributed by atoms with E-state index in [1.165, 1.54) is 10.3 Å². The first kappa shape index (κ1) is 16.6. The van der Waals surface area contributed by atoms with Crippen LogP contribution in [-0.4, -0.2) is 16.1 Å². The smallest absolute Gasteiger partial charge is 0.0923 e. The number of hydrogen-bond donors (Lipinski definition) is 0. The van der Waals surface area contributed by atoms with Crippen molar-refractivity contribution in [2.75, 3.05) is 0 Å². The highest BCUT2D eigenvalue weighted by Gasteiger charge is 2.29. The molecule has 0 aliphatic heterocycles. The number of thiophene rings is 3. The van der Waals surface area contributed by atoms with Crippen LogP contribution in [0.4, 0.5) is 0 Å². The highest BCUT2D eigenvalue weighted by Crippen LogP contribution is 2.41. The van der Waals surface area contributed by atoms with Gasteiger partial charge in [0.15, 0.2) is 0 Å². The van der Waals surface area contributed by atoms with Crippen molar-refractivity contribution >= 4 is 85.4 Å². The van der Waals surface area contributed by atoms with Crippen molar-refractivity contribution in [2.45, 2.75) is 46.2 Å². The molecule has 0 aliphatic rings. The van der Waals surface area contributed by atoms with Gasteiger partial charge in [0.05, 0.1) is 16.1 Å². The molecule has 3 heterocycles. The molecule has 118 valence electrons. The Morgan fingerprint density at radius 3 is 2.05 bits per heavy atom. The molecule has 0 amide bonds. The maximum atomic E-state index is 2.48. The minimum Gasteiger partial charge on any atom is -0.151 e. The molecule has 0 radical (unpaired) electrons. The fourth-order valence-corrected chi connectivity index (χ4v) is 13.0. The summed E-state index contributed by atoms with van der Waals surface area (Å²) >= 11 is 6.12. The quantitative estimate of drug-likeness (QED) is 0.468. The van der Waals surface area contributed by atoms with Crippen molar-refractivity contribution in [1.29, 1.82) is 0 Å². The van der Waals surface area contributed by atoms with E-state index in [4.69, 9.17) is 0 Å². The third-order valence-corrected chi connectivity index (χ3v) is 15.0. The lowest BCUT2D eigenvalue weighted by Gasteiger charge is -2.14. The summed E-state index contributed by atoms with van der Waals surface area (Å²) in [5.74, 6) is 0. The molecule has 0 saturated carbocycles. The second kappa shape index (κ2) is 5.41. The molecule has 0 bridgehead atoms. The van der Waals surface area contributed by atoms with E-state index in [0.717, 1.165) is 0 Å². The predicted octanol–water partition coefficient (Wildman–Crippen LogP) is 6.30. The molecule has 0 aliphatic carbocycles. The fourth-order valence-electron chi connectivity index (χ4n) is 2.79. The Morgan fingerprint density at radius 2 is 1.50 bits per heavy atom. The maximum absolute atomic E-state index is 2.48. The molecule has 0 unspecified atom stereocenters. The minimum atomic E-state index is -1.30. The second-order valence-corrected chi connectivity index (χ2v) is 21.6. The van der Waals surface area contributed by atoms with Crippen molar-refractivity contribution in [1.82, 2.24) is 0 Å².